The Morgan fingerprint density at radius 2 is 2.00 bits per heavy atom. The zero-order valence-electron chi connectivity index (χ0n) is 20.6. The fourth-order valence-corrected chi connectivity index (χ4v) is 5.61. The molecule has 1 aliphatic carbocycles. The summed E-state index contributed by atoms with van der Waals surface area (Å²) < 4.78 is 32.1. The number of imidazole rings is 1. The predicted molar refractivity (Wildman–Crippen MR) is 135 cm³/mol. The van der Waals surface area contributed by atoms with Crippen molar-refractivity contribution in [3.8, 4) is 11.8 Å². The molecule has 0 radical (unpaired) electrons. The van der Waals surface area contributed by atoms with Gasteiger partial charge in [0.1, 0.15) is 23.6 Å². The topological polar surface area (TPSA) is 167 Å². The molecule has 1 aromatic carbocycles. The number of para-hydroxylation sites is 1. The maximum Gasteiger partial charge on any atom is 0.459 e. The fourth-order valence-electron chi connectivity index (χ4n) is 4.09. The number of hydrogen-bond acceptors (Lipinski definition) is 10. The number of nitriles is 1. The lowest BCUT2D eigenvalue weighted by Crippen LogP contribution is -2.43. The van der Waals surface area contributed by atoms with E-state index in [0.717, 1.165) is 0 Å². The van der Waals surface area contributed by atoms with E-state index in [1.165, 1.54) is 13.3 Å². The molecule has 3 aromatic rings. The van der Waals surface area contributed by atoms with E-state index in [4.69, 9.17) is 19.5 Å². The number of rotatable bonds is 10. The van der Waals surface area contributed by atoms with Crippen LogP contribution in [0.5, 0.6) is 5.75 Å². The largest absolute Gasteiger partial charge is 0.462 e. The van der Waals surface area contributed by atoms with Gasteiger partial charge in [-0.2, -0.15) is 10.3 Å². The number of nitrogens with zero attached hydrogens (tertiary/aromatic N) is 5. The van der Waals surface area contributed by atoms with Crippen LogP contribution in [0.15, 0.2) is 55.1 Å². The summed E-state index contributed by atoms with van der Waals surface area (Å²) in [4.78, 5) is 24.8. The highest BCUT2D eigenvalue weighted by atomic mass is 31.2. The van der Waals surface area contributed by atoms with Gasteiger partial charge in [0.2, 0.25) is 0 Å². The first-order valence-electron chi connectivity index (χ1n) is 11.6. The number of benzene rings is 1. The minimum atomic E-state index is -4.07. The summed E-state index contributed by atoms with van der Waals surface area (Å²) in [5.74, 6) is -1.12. The van der Waals surface area contributed by atoms with Gasteiger partial charge in [0, 0.05) is 5.92 Å². The normalized spacial score (nSPS) is 21.6. The number of hydrogen-bond donors (Lipinski definition) is 2. The standard InChI is InChI=1S/C24H28N7O5P/c1-14(2)35-24(32)16(4)30-37(33,36-17-8-6-5-7-9-17)34-11-19-15(3)21(18(19)10-25)31-13-29-20-22(26)27-12-28-23(20)31/h5-9,12-14,16,18-19,21H,3,11H2,1-2,4H3,(H,30,33)(H2,26,27,28)/t16?,18-,19+,21-,37?/m1/s1. The van der Waals surface area contributed by atoms with Crippen molar-refractivity contribution in [2.75, 3.05) is 12.3 Å². The van der Waals surface area contributed by atoms with Crippen molar-refractivity contribution in [1.82, 2.24) is 24.6 Å². The van der Waals surface area contributed by atoms with Crippen LogP contribution in [0.2, 0.25) is 0 Å². The van der Waals surface area contributed by atoms with Crippen LogP contribution in [0, 0.1) is 23.2 Å². The van der Waals surface area contributed by atoms with Gasteiger partial charge < -0.3 is 19.6 Å². The van der Waals surface area contributed by atoms with Gasteiger partial charge in [-0.25, -0.2) is 19.5 Å². The molecule has 3 N–H and O–H groups in total. The van der Waals surface area contributed by atoms with Crippen molar-refractivity contribution in [2.24, 2.45) is 11.8 Å². The second-order valence-electron chi connectivity index (χ2n) is 8.90. The first-order valence-corrected chi connectivity index (χ1v) is 13.2. The van der Waals surface area contributed by atoms with Crippen molar-refractivity contribution in [3.05, 3.63) is 55.1 Å². The summed E-state index contributed by atoms with van der Waals surface area (Å²) in [5.41, 5.74) is 7.46. The van der Waals surface area contributed by atoms with Crippen molar-refractivity contribution < 1.29 is 23.1 Å². The predicted octanol–water partition coefficient (Wildman–Crippen LogP) is 3.41. The Hall–Kier alpha value is -3.78. The number of anilines is 1. The zero-order valence-corrected chi connectivity index (χ0v) is 21.5. The number of carbonyl (C=O) groups is 1. The van der Waals surface area contributed by atoms with Gasteiger partial charge in [0.05, 0.1) is 37.1 Å². The first-order chi connectivity index (χ1) is 17.6. The SMILES string of the molecule is C=C1[C@@H](n2cnc3c(N)ncnc32)[C@H](C#N)[C@H]1COP(=O)(NC(C)C(=O)OC(C)C)Oc1ccccc1. The van der Waals surface area contributed by atoms with Crippen LogP contribution in [-0.4, -0.2) is 44.2 Å². The molecule has 37 heavy (non-hydrogen) atoms. The Morgan fingerprint density at radius 1 is 1.27 bits per heavy atom. The molecule has 0 bridgehead atoms. The zero-order chi connectivity index (χ0) is 26.7. The summed E-state index contributed by atoms with van der Waals surface area (Å²) in [6.07, 6.45) is 2.52. The van der Waals surface area contributed by atoms with Crippen LogP contribution in [0.25, 0.3) is 11.2 Å². The summed E-state index contributed by atoms with van der Waals surface area (Å²) in [6, 6.07) is 9.30. The van der Waals surface area contributed by atoms with Gasteiger partial charge in [-0.05, 0) is 38.5 Å². The van der Waals surface area contributed by atoms with E-state index in [2.05, 4.69) is 32.7 Å². The number of carbonyl (C=O) groups excluding carboxylic acids is 1. The molecule has 0 saturated heterocycles. The summed E-state index contributed by atoms with van der Waals surface area (Å²) in [5, 5.41) is 12.6. The summed E-state index contributed by atoms with van der Waals surface area (Å²) in [6.45, 7) is 8.93. The van der Waals surface area contributed by atoms with Gasteiger partial charge in [-0.1, -0.05) is 24.8 Å². The monoisotopic (exact) mass is 525 g/mol. The summed E-state index contributed by atoms with van der Waals surface area (Å²) >= 11 is 0. The molecular weight excluding hydrogens is 497 g/mol. The second-order valence-corrected chi connectivity index (χ2v) is 10.6. The van der Waals surface area contributed by atoms with E-state index >= 15 is 0 Å². The molecule has 4 rings (SSSR count). The smallest absolute Gasteiger partial charge is 0.459 e. The number of nitrogens with two attached hydrogens (primary N) is 1. The number of ether oxygens (including phenoxy) is 1. The minimum absolute atomic E-state index is 0.139. The van der Waals surface area contributed by atoms with E-state index in [-0.39, 0.29) is 24.3 Å². The third-order valence-corrected chi connectivity index (χ3v) is 7.56. The molecule has 2 unspecified atom stereocenters. The quantitative estimate of drug-likeness (QED) is 0.226. The molecule has 194 valence electrons. The molecular formula is C24H28N7O5P. The number of nitrogens with one attached hydrogen (secondary N) is 1. The van der Waals surface area contributed by atoms with Gasteiger partial charge in [0.25, 0.3) is 0 Å². The molecule has 2 heterocycles. The maximum atomic E-state index is 13.7. The van der Waals surface area contributed by atoms with E-state index in [1.807, 2.05) is 0 Å². The molecule has 13 heteroatoms. The van der Waals surface area contributed by atoms with Crippen molar-refractivity contribution in [1.29, 1.82) is 5.26 Å². The van der Waals surface area contributed by atoms with Crippen LogP contribution >= 0.6 is 7.75 Å². The van der Waals surface area contributed by atoms with Crippen molar-refractivity contribution >= 4 is 30.7 Å². The molecule has 1 aliphatic rings. The third-order valence-electron chi connectivity index (χ3n) is 5.92. The minimum Gasteiger partial charge on any atom is -0.462 e. The van der Waals surface area contributed by atoms with Crippen LogP contribution in [0.1, 0.15) is 26.8 Å². The van der Waals surface area contributed by atoms with Crippen LogP contribution in [0.4, 0.5) is 5.82 Å². The van der Waals surface area contributed by atoms with E-state index < -0.39 is 37.6 Å². The van der Waals surface area contributed by atoms with Crippen LogP contribution < -0.4 is 15.3 Å². The molecule has 0 aliphatic heterocycles. The lowest BCUT2D eigenvalue weighted by Gasteiger charge is -2.43. The highest BCUT2D eigenvalue weighted by Crippen LogP contribution is 2.52. The third kappa shape index (κ3) is 5.49. The van der Waals surface area contributed by atoms with E-state index in [1.54, 1.807) is 55.1 Å². The lowest BCUT2D eigenvalue weighted by molar-refractivity contribution is -0.149. The molecule has 5 atom stereocenters. The average molecular weight is 526 g/mol. The Bertz CT molecular complexity index is 1390. The van der Waals surface area contributed by atoms with Gasteiger partial charge in [-0.3, -0.25) is 9.32 Å². The number of nitrogen functional groups attached to an aromatic ring is 1. The Balaban J connectivity index is 1.51. The summed E-state index contributed by atoms with van der Waals surface area (Å²) in [7, 11) is -4.07. The Kier molecular flexibility index (Phi) is 7.59. The molecule has 2 aromatic heterocycles. The van der Waals surface area contributed by atoms with Crippen LogP contribution in [0.3, 0.4) is 0 Å². The number of esters is 1. The van der Waals surface area contributed by atoms with Crippen molar-refractivity contribution in [3.63, 3.8) is 0 Å². The highest BCUT2D eigenvalue weighted by Gasteiger charge is 2.48. The molecule has 0 amide bonds. The molecule has 1 saturated carbocycles. The second kappa shape index (κ2) is 10.7. The average Bonchev–Trinajstić information content (AvgIpc) is 3.27. The van der Waals surface area contributed by atoms with Gasteiger partial charge in [0.15, 0.2) is 11.5 Å². The molecule has 12 nitrogen and oxygen atoms in total. The Labute approximate surface area is 214 Å². The van der Waals surface area contributed by atoms with Crippen LogP contribution in [-0.2, 0) is 18.6 Å². The van der Waals surface area contributed by atoms with E-state index in [9.17, 15) is 14.6 Å². The van der Waals surface area contributed by atoms with Crippen molar-refractivity contribution in [2.45, 2.75) is 39.0 Å². The Morgan fingerprint density at radius 3 is 2.68 bits per heavy atom. The lowest BCUT2D eigenvalue weighted by atomic mass is 9.66. The first kappa shape index (κ1) is 26.3. The number of fused-ring (bicyclic) bond motifs is 1. The number of aromatic nitrogens is 4. The molecule has 1 fully saturated rings. The molecule has 0 spiro atoms. The highest BCUT2D eigenvalue weighted by molar-refractivity contribution is 7.52. The van der Waals surface area contributed by atoms with E-state index in [0.29, 0.717) is 16.7 Å². The van der Waals surface area contributed by atoms with Gasteiger partial charge in [-0.15, -0.1) is 0 Å². The van der Waals surface area contributed by atoms with Gasteiger partial charge >= 0.3 is 13.7 Å². The maximum absolute atomic E-state index is 13.7. The fraction of sp³-hybridized carbons (Fsp3) is 0.375.